The van der Waals surface area contributed by atoms with Gasteiger partial charge < -0.3 is 8.37 Å². The van der Waals surface area contributed by atoms with Crippen LogP contribution in [0.2, 0.25) is 0 Å². The second kappa shape index (κ2) is 5.06. The molecule has 102 valence electrons. The lowest BCUT2D eigenvalue weighted by Crippen LogP contribution is -2.27. The summed E-state index contributed by atoms with van der Waals surface area (Å²) in [5, 5.41) is 4.65. The monoisotopic (exact) mass is 297 g/mol. The van der Waals surface area contributed by atoms with Crippen LogP contribution in [0, 0.1) is 0 Å². The molecule has 0 saturated carbocycles. The predicted molar refractivity (Wildman–Crippen MR) is 61.2 cm³/mol. The number of pyridine rings is 1. The summed E-state index contributed by atoms with van der Waals surface area (Å²) in [7, 11) is -5.89. The van der Waals surface area contributed by atoms with Gasteiger partial charge in [0.1, 0.15) is 0 Å². The van der Waals surface area contributed by atoms with Gasteiger partial charge in [-0.25, -0.2) is 4.98 Å². The van der Waals surface area contributed by atoms with E-state index in [1.165, 1.54) is 32.4 Å². The Morgan fingerprint density at radius 1 is 1.22 bits per heavy atom. The highest BCUT2D eigenvalue weighted by molar-refractivity contribution is 7.85. The van der Waals surface area contributed by atoms with Gasteiger partial charge in [-0.05, 0) is 12.1 Å². The zero-order valence-electron chi connectivity index (χ0n) is 9.47. The fourth-order valence-electron chi connectivity index (χ4n) is 0.800. The lowest BCUT2D eigenvalue weighted by molar-refractivity contribution is 0.404. The molecule has 0 spiro atoms. The first-order valence-electron chi connectivity index (χ1n) is 4.41. The summed E-state index contributed by atoms with van der Waals surface area (Å²) in [5.74, 6) is -0.953. The van der Waals surface area contributed by atoms with E-state index in [9.17, 15) is 16.8 Å². The Hall–Kier alpha value is -1.43. The minimum absolute atomic E-state index is 0.389. The van der Waals surface area contributed by atoms with E-state index in [0.29, 0.717) is 0 Å². The van der Waals surface area contributed by atoms with Crippen LogP contribution in [-0.4, -0.2) is 40.2 Å². The van der Waals surface area contributed by atoms with Crippen molar-refractivity contribution in [1.82, 2.24) is 9.29 Å². The van der Waals surface area contributed by atoms with Crippen LogP contribution in [0.4, 0.5) is 0 Å². The van der Waals surface area contributed by atoms with Crippen molar-refractivity contribution in [2.24, 2.45) is 5.14 Å². The Balaban J connectivity index is 3.11. The Kier molecular flexibility index (Phi) is 4.11. The molecule has 0 aliphatic heterocycles. The van der Waals surface area contributed by atoms with Crippen molar-refractivity contribution in [3.63, 3.8) is 0 Å². The smallest absolute Gasteiger partial charge is 0.365 e. The first-order valence-corrected chi connectivity index (χ1v) is 7.24. The van der Waals surface area contributed by atoms with E-state index >= 15 is 0 Å². The molecule has 0 aliphatic carbocycles. The van der Waals surface area contributed by atoms with Crippen molar-refractivity contribution >= 4 is 20.6 Å². The van der Waals surface area contributed by atoms with Crippen molar-refractivity contribution in [2.75, 3.05) is 14.1 Å². The summed E-state index contributed by atoms with van der Waals surface area (Å²) in [6, 6.07) is 2.52. The maximum Gasteiger partial charge on any atom is 0.384 e. The zero-order chi connectivity index (χ0) is 14.0. The average molecular weight is 297 g/mol. The number of hydrogen-bond donors (Lipinski definition) is 1. The Labute approximate surface area is 105 Å². The number of nitrogens with two attached hydrogens (primary N) is 1. The van der Waals surface area contributed by atoms with Crippen LogP contribution in [0.5, 0.6) is 11.6 Å². The van der Waals surface area contributed by atoms with Crippen molar-refractivity contribution in [3.8, 4) is 11.6 Å². The molecule has 2 N–H and O–H groups in total. The van der Waals surface area contributed by atoms with Crippen LogP contribution in [0.1, 0.15) is 0 Å². The lowest BCUT2D eigenvalue weighted by Gasteiger charge is -2.13. The number of nitrogens with zero attached hydrogens (tertiary/aromatic N) is 2. The fraction of sp³-hybridized carbons (Fsp3) is 0.286. The molecule has 1 aromatic rings. The Bertz CT molecular complexity index is 624. The van der Waals surface area contributed by atoms with Gasteiger partial charge in [-0.3, -0.25) is 0 Å². The van der Waals surface area contributed by atoms with Gasteiger partial charge in [0, 0.05) is 20.3 Å². The van der Waals surface area contributed by atoms with E-state index in [1.54, 1.807) is 0 Å². The molecule has 0 aromatic carbocycles. The highest BCUT2D eigenvalue weighted by Gasteiger charge is 2.21. The number of hydrogen-bond acceptors (Lipinski definition) is 7. The number of rotatable bonds is 5. The van der Waals surface area contributed by atoms with Crippen molar-refractivity contribution in [3.05, 3.63) is 18.3 Å². The van der Waals surface area contributed by atoms with E-state index in [0.717, 1.165) is 4.31 Å². The van der Waals surface area contributed by atoms with Gasteiger partial charge in [0.25, 0.3) is 5.88 Å². The summed E-state index contributed by atoms with van der Waals surface area (Å²) >= 11 is 0. The topological polar surface area (TPSA) is 129 Å². The molecular weight excluding hydrogens is 286 g/mol. The van der Waals surface area contributed by atoms with Crippen LogP contribution >= 0.6 is 0 Å². The molecule has 1 heterocycles. The molecule has 9 nitrogen and oxygen atoms in total. The molecule has 1 aromatic heterocycles. The third-order valence-electron chi connectivity index (χ3n) is 1.57. The molecule has 11 heteroatoms. The third kappa shape index (κ3) is 4.10. The lowest BCUT2D eigenvalue weighted by atomic mass is 10.4. The summed E-state index contributed by atoms with van der Waals surface area (Å²) < 4.78 is 54.1. The zero-order valence-corrected chi connectivity index (χ0v) is 11.1. The highest BCUT2D eigenvalue weighted by Crippen LogP contribution is 2.26. The van der Waals surface area contributed by atoms with Crippen molar-refractivity contribution in [2.45, 2.75) is 0 Å². The molecule has 0 atom stereocenters. The molecule has 18 heavy (non-hydrogen) atoms. The molecule has 0 radical (unpaired) electrons. The van der Waals surface area contributed by atoms with Crippen LogP contribution in [0.25, 0.3) is 0 Å². The van der Waals surface area contributed by atoms with Gasteiger partial charge in [-0.2, -0.15) is 26.3 Å². The maximum absolute atomic E-state index is 11.5. The van der Waals surface area contributed by atoms with Gasteiger partial charge in [0.15, 0.2) is 0 Å². The minimum atomic E-state index is -4.33. The first-order chi connectivity index (χ1) is 8.12. The fourth-order valence-corrected chi connectivity index (χ4v) is 1.65. The second-order valence-electron chi connectivity index (χ2n) is 3.21. The summed E-state index contributed by atoms with van der Waals surface area (Å²) in [4.78, 5) is 3.52. The van der Waals surface area contributed by atoms with Gasteiger partial charge >= 0.3 is 20.6 Å². The van der Waals surface area contributed by atoms with Crippen molar-refractivity contribution in [1.29, 1.82) is 0 Å². The Morgan fingerprint density at radius 3 is 2.33 bits per heavy atom. The first kappa shape index (κ1) is 14.6. The molecule has 0 amide bonds. The molecule has 0 fully saturated rings. The number of aromatic nitrogens is 1. The largest absolute Gasteiger partial charge is 0.384 e. The van der Waals surface area contributed by atoms with Crippen molar-refractivity contribution < 1.29 is 25.2 Å². The van der Waals surface area contributed by atoms with E-state index in [4.69, 9.17) is 0 Å². The van der Waals surface area contributed by atoms with Gasteiger partial charge in [0.2, 0.25) is 5.75 Å². The van der Waals surface area contributed by atoms with Crippen LogP contribution in [0.3, 0.4) is 0 Å². The van der Waals surface area contributed by atoms with Crippen LogP contribution in [-0.2, 0) is 20.6 Å². The molecule has 1 rings (SSSR count). The van der Waals surface area contributed by atoms with Gasteiger partial charge in [0.05, 0.1) is 0 Å². The molecule has 0 unspecified atom stereocenters. The quantitative estimate of drug-likeness (QED) is 0.726. The SMILES string of the molecule is CN(C)S(=O)(=O)Oc1cccnc1OS(N)(=O)=O. The van der Waals surface area contributed by atoms with Gasteiger partial charge in [-0.15, -0.1) is 0 Å². The van der Waals surface area contributed by atoms with E-state index in [-0.39, 0.29) is 5.75 Å². The molecule has 0 aliphatic rings. The maximum atomic E-state index is 11.5. The summed E-state index contributed by atoms with van der Waals surface area (Å²) in [6.45, 7) is 0. The van der Waals surface area contributed by atoms with E-state index < -0.39 is 26.5 Å². The normalized spacial score (nSPS) is 12.4. The minimum Gasteiger partial charge on any atom is -0.365 e. The summed E-state index contributed by atoms with van der Waals surface area (Å²) in [5.41, 5.74) is 0. The van der Waals surface area contributed by atoms with E-state index in [2.05, 4.69) is 18.5 Å². The highest BCUT2D eigenvalue weighted by atomic mass is 32.2. The average Bonchev–Trinajstić information content (AvgIpc) is 2.18. The van der Waals surface area contributed by atoms with Crippen LogP contribution in [0.15, 0.2) is 18.3 Å². The van der Waals surface area contributed by atoms with E-state index in [1.807, 2.05) is 0 Å². The standard InChI is InChI=1S/C7H11N3O6S2/c1-10(2)18(13,14)15-6-4-3-5-9-7(6)16-17(8,11)12/h3-5H,1-2H3,(H2,8,11,12). The second-order valence-corrected chi connectivity index (χ2v) is 6.11. The third-order valence-corrected chi connectivity index (χ3v) is 3.25. The van der Waals surface area contributed by atoms with Gasteiger partial charge in [-0.1, -0.05) is 0 Å². The Morgan fingerprint density at radius 2 is 1.83 bits per heavy atom. The molecule has 0 bridgehead atoms. The van der Waals surface area contributed by atoms with Crippen LogP contribution < -0.4 is 13.5 Å². The summed E-state index contributed by atoms with van der Waals surface area (Å²) in [6.07, 6.45) is 1.19. The molecule has 0 saturated heterocycles. The molecular formula is C7H11N3O6S2. The predicted octanol–water partition coefficient (Wildman–Crippen LogP) is -1.15.